The van der Waals surface area contributed by atoms with Crippen LogP contribution in [0.1, 0.15) is 21.6 Å². The molecule has 2 aromatic rings. The fraction of sp³-hybridized carbons (Fsp3) is 0.250. The Hall–Kier alpha value is -1.32. The fourth-order valence-electron chi connectivity index (χ4n) is 1.98. The van der Waals surface area contributed by atoms with E-state index in [0.29, 0.717) is 10.6 Å². The van der Waals surface area contributed by atoms with E-state index in [1.54, 1.807) is 6.07 Å². The number of carbonyl (C=O) groups excluding carboxylic acids is 1. The third-order valence-electron chi connectivity index (χ3n) is 2.76. The zero-order valence-corrected chi connectivity index (χ0v) is 9.98. The Labute approximate surface area is 98.6 Å². The quantitative estimate of drug-likeness (QED) is 0.788. The van der Waals surface area contributed by atoms with Gasteiger partial charge in [0.25, 0.3) is 0 Å². The van der Waals surface area contributed by atoms with Crippen LogP contribution in [0.4, 0.5) is 0 Å². The molecule has 0 radical (unpaired) electrons. The minimum atomic E-state index is -0.0868. The summed E-state index contributed by atoms with van der Waals surface area (Å²) in [4.78, 5) is 15.0. The highest BCUT2D eigenvalue weighted by atomic mass is 35.5. The minimum absolute atomic E-state index is 0.00192. The number of carbonyl (C=O) groups is 1. The number of Topliss-reactive ketones (excluding diaryl/α,β-unsaturated/α-hetero) is 1. The average Bonchev–Trinajstić information content (AvgIpc) is 2.61. The number of benzene rings is 1. The molecule has 4 heteroatoms. The first-order chi connectivity index (χ1) is 7.56. The maximum Gasteiger partial charge on any atom is 0.178 e. The van der Waals surface area contributed by atoms with Gasteiger partial charge in [0.1, 0.15) is 0 Å². The molecule has 0 aliphatic heterocycles. The molecule has 0 atom stereocenters. The van der Waals surface area contributed by atoms with Crippen molar-refractivity contribution in [2.45, 2.75) is 13.8 Å². The first-order valence-corrected chi connectivity index (χ1v) is 5.44. The van der Waals surface area contributed by atoms with Crippen LogP contribution in [-0.2, 0) is 0 Å². The third kappa shape index (κ3) is 1.52. The van der Waals surface area contributed by atoms with E-state index in [1.165, 1.54) is 0 Å². The van der Waals surface area contributed by atoms with E-state index in [-0.39, 0.29) is 12.3 Å². The van der Waals surface area contributed by atoms with E-state index in [0.717, 1.165) is 22.2 Å². The summed E-state index contributed by atoms with van der Waals surface area (Å²) >= 11 is 6.14. The molecule has 0 bridgehead atoms. The number of fused-ring (bicyclic) bond motifs is 1. The molecule has 1 aromatic carbocycles. The number of hydrogen-bond donors (Lipinski definition) is 2. The van der Waals surface area contributed by atoms with Crippen molar-refractivity contribution in [1.29, 1.82) is 0 Å². The lowest BCUT2D eigenvalue weighted by Gasteiger charge is -2.01. The van der Waals surface area contributed by atoms with Crippen molar-refractivity contribution in [3.8, 4) is 0 Å². The molecule has 0 fully saturated rings. The second-order valence-corrected chi connectivity index (χ2v) is 4.27. The number of hydrogen-bond acceptors (Lipinski definition) is 2. The van der Waals surface area contributed by atoms with Crippen LogP contribution >= 0.6 is 11.6 Å². The molecule has 0 aliphatic rings. The Kier molecular flexibility index (Phi) is 2.74. The maximum absolute atomic E-state index is 11.8. The fourth-order valence-corrected chi connectivity index (χ4v) is 2.23. The molecule has 1 aromatic heterocycles. The van der Waals surface area contributed by atoms with Crippen LogP contribution in [0.2, 0.25) is 5.02 Å². The average molecular weight is 237 g/mol. The van der Waals surface area contributed by atoms with Crippen molar-refractivity contribution in [2.24, 2.45) is 5.73 Å². The number of nitrogens with two attached hydrogens (primary N) is 1. The van der Waals surface area contributed by atoms with Gasteiger partial charge in [-0.25, -0.2) is 0 Å². The molecular formula is C12H13ClN2O. The Morgan fingerprint density at radius 1 is 1.44 bits per heavy atom. The van der Waals surface area contributed by atoms with Gasteiger partial charge in [-0.3, -0.25) is 4.79 Å². The van der Waals surface area contributed by atoms with Crippen LogP contribution in [0.25, 0.3) is 10.9 Å². The smallest absolute Gasteiger partial charge is 0.178 e. The summed E-state index contributed by atoms with van der Waals surface area (Å²) in [6.07, 6.45) is 0. The lowest BCUT2D eigenvalue weighted by molar-refractivity contribution is 0.100. The first kappa shape index (κ1) is 11.2. The van der Waals surface area contributed by atoms with Crippen LogP contribution in [0, 0.1) is 13.8 Å². The molecule has 2 rings (SSSR count). The van der Waals surface area contributed by atoms with E-state index in [9.17, 15) is 4.79 Å². The van der Waals surface area contributed by atoms with Crippen LogP contribution in [-0.4, -0.2) is 17.3 Å². The van der Waals surface area contributed by atoms with Gasteiger partial charge in [0, 0.05) is 16.6 Å². The lowest BCUT2D eigenvalue weighted by atomic mass is 10.0. The Morgan fingerprint density at radius 3 is 2.75 bits per heavy atom. The van der Waals surface area contributed by atoms with Crippen molar-refractivity contribution in [3.05, 3.63) is 34.0 Å². The van der Waals surface area contributed by atoms with E-state index in [2.05, 4.69) is 4.98 Å². The van der Waals surface area contributed by atoms with Gasteiger partial charge in [-0.15, -0.1) is 0 Å². The standard InChI is InChI=1S/C12H13ClN2O/c1-6-3-4-8(13)11-10(9(16)5-14)7(2)15-12(6)11/h3-4,15H,5,14H2,1-2H3. The summed E-state index contributed by atoms with van der Waals surface area (Å²) in [7, 11) is 0. The molecule has 0 spiro atoms. The van der Waals surface area contributed by atoms with Crippen molar-refractivity contribution in [2.75, 3.05) is 6.54 Å². The number of aryl methyl sites for hydroxylation is 2. The Balaban J connectivity index is 2.88. The van der Waals surface area contributed by atoms with Crippen molar-refractivity contribution in [3.63, 3.8) is 0 Å². The van der Waals surface area contributed by atoms with Gasteiger partial charge in [0.15, 0.2) is 5.78 Å². The zero-order chi connectivity index (χ0) is 11.9. The topological polar surface area (TPSA) is 58.9 Å². The molecule has 16 heavy (non-hydrogen) atoms. The number of aromatic nitrogens is 1. The van der Waals surface area contributed by atoms with E-state index in [1.807, 2.05) is 19.9 Å². The van der Waals surface area contributed by atoms with Gasteiger partial charge in [-0.2, -0.15) is 0 Å². The van der Waals surface area contributed by atoms with E-state index >= 15 is 0 Å². The summed E-state index contributed by atoms with van der Waals surface area (Å²) in [6, 6.07) is 3.73. The largest absolute Gasteiger partial charge is 0.358 e. The zero-order valence-electron chi connectivity index (χ0n) is 9.23. The monoisotopic (exact) mass is 236 g/mol. The van der Waals surface area contributed by atoms with Crippen molar-refractivity contribution >= 4 is 28.3 Å². The summed E-state index contributed by atoms with van der Waals surface area (Å²) in [5.74, 6) is -0.0868. The van der Waals surface area contributed by atoms with E-state index in [4.69, 9.17) is 17.3 Å². The second kappa shape index (κ2) is 3.92. The maximum atomic E-state index is 11.8. The highest BCUT2D eigenvalue weighted by Gasteiger charge is 2.17. The predicted molar refractivity (Wildman–Crippen MR) is 66.2 cm³/mol. The van der Waals surface area contributed by atoms with Gasteiger partial charge in [-0.1, -0.05) is 17.7 Å². The Bertz CT molecular complexity index is 572. The molecule has 0 unspecified atom stereocenters. The number of aromatic amines is 1. The van der Waals surface area contributed by atoms with Crippen molar-refractivity contribution < 1.29 is 4.79 Å². The summed E-state index contributed by atoms with van der Waals surface area (Å²) < 4.78 is 0. The molecule has 0 saturated heterocycles. The van der Waals surface area contributed by atoms with Gasteiger partial charge in [0.05, 0.1) is 17.1 Å². The number of rotatable bonds is 2. The lowest BCUT2D eigenvalue weighted by Crippen LogP contribution is -2.14. The summed E-state index contributed by atoms with van der Waals surface area (Å²) in [5, 5.41) is 1.37. The van der Waals surface area contributed by atoms with Gasteiger partial charge in [0.2, 0.25) is 0 Å². The second-order valence-electron chi connectivity index (χ2n) is 3.87. The van der Waals surface area contributed by atoms with E-state index < -0.39 is 0 Å². The minimum Gasteiger partial charge on any atom is -0.358 e. The highest BCUT2D eigenvalue weighted by Crippen LogP contribution is 2.31. The third-order valence-corrected chi connectivity index (χ3v) is 3.08. The van der Waals surface area contributed by atoms with Crippen LogP contribution in [0.15, 0.2) is 12.1 Å². The molecule has 0 saturated carbocycles. The number of nitrogens with one attached hydrogen (secondary N) is 1. The summed E-state index contributed by atoms with van der Waals surface area (Å²) in [6.45, 7) is 3.84. The number of ketones is 1. The van der Waals surface area contributed by atoms with Crippen LogP contribution in [0.3, 0.4) is 0 Å². The molecular weight excluding hydrogens is 224 g/mol. The van der Waals surface area contributed by atoms with Crippen molar-refractivity contribution in [1.82, 2.24) is 4.98 Å². The van der Waals surface area contributed by atoms with Gasteiger partial charge in [-0.05, 0) is 25.5 Å². The predicted octanol–water partition coefficient (Wildman–Crippen LogP) is 2.58. The first-order valence-electron chi connectivity index (χ1n) is 5.07. The molecule has 0 amide bonds. The van der Waals surface area contributed by atoms with Crippen LogP contribution < -0.4 is 5.73 Å². The molecule has 0 aliphatic carbocycles. The number of H-pyrrole nitrogens is 1. The summed E-state index contributed by atoms with van der Waals surface area (Å²) in [5.41, 5.74) is 8.83. The normalized spacial score (nSPS) is 11.0. The molecule has 1 heterocycles. The van der Waals surface area contributed by atoms with Gasteiger partial charge >= 0.3 is 0 Å². The van der Waals surface area contributed by atoms with Gasteiger partial charge < -0.3 is 10.7 Å². The highest BCUT2D eigenvalue weighted by molar-refractivity contribution is 6.37. The SMILES string of the molecule is Cc1[nH]c2c(C)ccc(Cl)c2c1C(=O)CN. The molecule has 84 valence electrons. The Morgan fingerprint density at radius 2 is 2.12 bits per heavy atom. The molecule has 3 N–H and O–H groups in total. The van der Waals surface area contributed by atoms with Crippen LogP contribution in [0.5, 0.6) is 0 Å². The number of halogens is 1. The molecule has 3 nitrogen and oxygen atoms in total.